The fourth-order valence-corrected chi connectivity index (χ4v) is 17.0. The van der Waals surface area contributed by atoms with E-state index in [9.17, 15) is 66.4 Å². The first-order chi connectivity index (χ1) is 38.0. The number of ether oxygens (including phenoxy) is 12. The van der Waals surface area contributed by atoms with Gasteiger partial charge in [-0.1, -0.05) is 27.7 Å². The Balaban J connectivity index is 0.830. The first-order valence-electron chi connectivity index (χ1n) is 29.5. The van der Waals surface area contributed by atoms with Crippen LogP contribution in [0.1, 0.15) is 98.8 Å². The van der Waals surface area contributed by atoms with E-state index in [1.54, 1.807) is 0 Å². The maximum Gasteiger partial charge on any atom is 0.187 e. The summed E-state index contributed by atoms with van der Waals surface area (Å²) in [4.78, 5) is 0. The van der Waals surface area contributed by atoms with Crippen LogP contribution in [0.25, 0.3) is 0 Å². The Morgan fingerprint density at radius 3 is 1.73 bits per heavy atom. The molecule has 7 saturated heterocycles. The fourth-order valence-electron chi connectivity index (χ4n) is 17.0. The van der Waals surface area contributed by atoms with Gasteiger partial charge in [0.25, 0.3) is 0 Å². The molecule has 25 heteroatoms. The molecule has 11 aliphatic rings. The minimum absolute atomic E-state index is 0.0136. The summed E-state index contributed by atoms with van der Waals surface area (Å²) in [7, 11) is 0. The maximum atomic E-state index is 12.6. The highest BCUT2D eigenvalue weighted by Crippen LogP contribution is 2.71. The number of fused-ring (bicyclic) bond motifs is 7. The smallest absolute Gasteiger partial charge is 0.187 e. The van der Waals surface area contributed by atoms with Crippen molar-refractivity contribution in [2.24, 2.45) is 52.3 Å². The van der Waals surface area contributed by atoms with Crippen LogP contribution in [-0.4, -0.2) is 259 Å². The molecule has 0 aromatic heterocycles. The lowest BCUT2D eigenvalue weighted by Gasteiger charge is -2.61. The van der Waals surface area contributed by atoms with E-state index in [0.29, 0.717) is 48.3 Å². The highest BCUT2D eigenvalue weighted by molar-refractivity contribution is 5.16. The van der Waals surface area contributed by atoms with E-state index in [1.807, 2.05) is 0 Å². The molecule has 7 heterocycles. The maximum absolute atomic E-state index is 12.6. The van der Waals surface area contributed by atoms with E-state index in [2.05, 4.69) is 27.7 Å². The zero-order valence-corrected chi connectivity index (χ0v) is 46.3. The minimum atomic E-state index is -1.93. The van der Waals surface area contributed by atoms with Crippen LogP contribution < -0.4 is 0 Å². The largest absolute Gasteiger partial charge is 0.394 e. The van der Waals surface area contributed by atoms with Gasteiger partial charge < -0.3 is 123 Å². The zero-order chi connectivity index (χ0) is 57.1. The van der Waals surface area contributed by atoms with E-state index in [4.69, 9.17) is 56.8 Å². The summed E-state index contributed by atoms with van der Waals surface area (Å²) in [6.45, 7) is 8.99. The van der Waals surface area contributed by atoms with Crippen LogP contribution in [0.4, 0.5) is 0 Å². The van der Waals surface area contributed by atoms with Crippen molar-refractivity contribution in [3.05, 3.63) is 0 Å². The Hall–Kier alpha value is -1.00. The first kappa shape index (κ1) is 60.7. The fraction of sp³-hybridized carbons (Fsp3) is 1.00. The molecule has 0 amide bonds. The normalized spacial score (nSPS) is 58.1. The molecule has 7 aliphatic heterocycles. The van der Waals surface area contributed by atoms with E-state index >= 15 is 0 Å². The number of rotatable bonds is 12. The van der Waals surface area contributed by atoms with Crippen molar-refractivity contribution in [3.8, 4) is 0 Å². The molecule has 0 aromatic rings. The van der Waals surface area contributed by atoms with Crippen molar-refractivity contribution in [3.63, 3.8) is 0 Å². The van der Waals surface area contributed by atoms with Crippen LogP contribution in [0.2, 0.25) is 0 Å². The van der Waals surface area contributed by atoms with Crippen molar-refractivity contribution >= 4 is 0 Å². The Kier molecular flexibility index (Phi) is 17.9. The van der Waals surface area contributed by atoms with Gasteiger partial charge in [-0.25, -0.2) is 0 Å². The summed E-state index contributed by atoms with van der Waals surface area (Å²) < 4.78 is 74.8. The molecule has 4 aliphatic carbocycles. The van der Waals surface area contributed by atoms with Crippen LogP contribution in [-0.2, 0) is 56.8 Å². The highest BCUT2D eigenvalue weighted by Gasteiger charge is 2.69. The average Bonchev–Trinajstić information content (AvgIpc) is 3.89. The number of hydrogen-bond donors (Lipinski definition) is 13. The summed E-state index contributed by atoms with van der Waals surface area (Å²) in [6, 6.07) is 0. The van der Waals surface area contributed by atoms with Crippen LogP contribution in [0, 0.1) is 52.3 Å². The molecule has 0 aromatic carbocycles. The van der Waals surface area contributed by atoms with Gasteiger partial charge in [0, 0.05) is 12.3 Å². The van der Waals surface area contributed by atoms with Gasteiger partial charge in [-0.3, -0.25) is 0 Å². The molecule has 1 spiro atoms. The van der Waals surface area contributed by atoms with Gasteiger partial charge in [0.2, 0.25) is 0 Å². The predicted molar refractivity (Wildman–Crippen MR) is 267 cm³/mol. The molecule has 13 N–H and O–H groups in total. The molecule has 0 radical (unpaired) electrons. The Bertz CT molecular complexity index is 2080. The molecule has 4 saturated carbocycles. The van der Waals surface area contributed by atoms with Crippen LogP contribution in [0.15, 0.2) is 0 Å². The third-order valence-corrected chi connectivity index (χ3v) is 21.7. The Labute approximate surface area is 465 Å². The molecule has 6 unspecified atom stereocenters. The SMILES string of the molecule is CC1C2C(CC3C4CC[C@H]5C[C@@H](O[C@@H]6O[C@H](CO)[C@H](O[C@@H]7O[C@H](CO)[C@@H](O)[C@H](O[C@@H]8OC[C@@H](O)[C@H](O)[C@H]8O)[C@H]7O[C@@H]7OC[C@@H](O)[C@H](O)[C@H]7O)[C@H](O)[C@H]6O[C@@H]6O[C@@H](C)[C@H](O)[C@@H](O)[C@H]6O)CC[C@]5(C)C4CC[C@@]32C)O[C@]12CC[C@@H](C)CO2. The van der Waals surface area contributed by atoms with Gasteiger partial charge in [-0.2, -0.15) is 0 Å². The van der Waals surface area contributed by atoms with E-state index in [1.165, 1.54) is 6.92 Å². The van der Waals surface area contributed by atoms with Gasteiger partial charge in [-0.15, -0.1) is 0 Å². The van der Waals surface area contributed by atoms with Gasteiger partial charge in [0.1, 0.15) is 104 Å². The topological polar surface area (TPSA) is 374 Å². The van der Waals surface area contributed by atoms with Gasteiger partial charge in [-0.05, 0) is 111 Å². The summed E-state index contributed by atoms with van der Waals surface area (Å²) in [5.74, 6) is 2.69. The zero-order valence-electron chi connectivity index (χ0n) is 46.3. The van der Waals surface area contributed by atoms with Gasteiger partial charge >= 0.3 is 0 Å². The summed E-state index contributed by atoms with van der Waals surface area (Å²) in [6.07, 6.45) is -29.8. The summed E-state index contributed by atoms with van der Waals surface area (Å²) in [5.41, 5.74) is 0.170. The number of hydrogen-bond acceptors (Lipinski definition) is 25. The molecule has 11 fully saturated rings. The third-order valence-electron chi connectivity index (χ3n) is 21.7. The second-order valence-electron chi connectivity index (χ2n) is 26.2. The van der Waals surface area contributed by atoms with Crippen LogP contribution in [0.5, 0.6) is 0 Å². The lowest BCUT2D eigenvalue weighted by molar-refractivity contribution is -0.408. The van der Waals surface area contributed by atoms with Crippen molar-refractivity contribution < 1.29 is 123 Å². The Morgan fingerprint density at radius 1 is 0.475 bits per heavy atom. The molecular weight excluding hydrogens is 1060 g/mol. The van der Waals surface area contributed by atoms with E-state index in [0.717, 1.165) is 58.0 Å². The lowest BCUT2D eigenvalue weighted by atomic mass is 9.44. The molecule has 80 heavy (non-hydrogen) atoms. The minimum Gasteiger partial charge on any atom is -0.394 e. The molecule has 25 nitrogen and oxygen atoms in total. The first-order valence-corrected chi connectivity index (χ1v) is 29.5. The van der Waals surface area contributed by atoms with Crippen molar-refractivity contribution in [1.82, 2.24) is 0 Å². The second kappa shape index (κ2) is 23.6. The molecule has 0 bridgehead atoms. The van der Waals surface area contributed by atoms with E-state index < -0.39 is 180 Å². The van der Waals surface area contributed by atoms with Crippen molar-refractivity contribution in [2.45, 2.75) is 258 Å². The number of aliphatic hydroxyl groups excluding tert-OH is 13. The van der Waals surface area contributed by atoms with Gasteiger partial charge in [0.15, 0.2) is 37.2 Å². The molecule has 460 valence electrons. The van der Waals surface area contributed by atoms with Crippen molar-refractivity contribution in [2.75, 3.05) is 33.0 Å². The number of aliphatic hydroxyl groups is 13. The quantitative estimate of drug-likeness (QED) is 0.0879. The van der Waals surface area contributed by atoms with Crippen molar-refractivity contribution in [1.29, 1.82) is 0 Å². The van der Waals surface area contributed by atoms with Gasteiger partial charge in [0.05, 0.1) is 51.3 Å². The predicted octanol–water partition coefficient (Wildman–Crippen LogP) is -2.78. The molecule has 11 rings (SSSR count). The van der Waals surface area contributed by atoms with Crippen LogP contribution in [0.3, 0.4) is 0 Å². The summed E-state index contributed by atoms with van der Waals surface area (Å²) in [5, 5.41) is 142. The monoisotopic (exact) mass is 1150 g/mol. The van der Waals surface area contributed by atoms with E-state index in [-0.39, 0.29) is 22.9 Å². The second-order valence-corrected chi connectivity index (χ2v) is 26.2. The third kappa shape index (κ3) is 10.6. The Morgan fingerprint density at radius 2 is 1.07 bits per heavy atom. The summed E-state index contributed by atoms with van der Waals surface area (Å²) >= 11 is 0. The highest BCUT2D eigenvalue weighted by atomic mass is 16.8. The average molecular weight is 1150 g/mol. The standard InChI is InChI=1S/C55H90O25/c1-21-8-13-55(71-18-21)22(2)34-31(80-55)15-28-26-7-6-24-14-25(9-11-53(24,4)27(26)10-12-54(28,34)5)73-51-46(78-50-42(67)39(64)35(60)23(3)72-50)43(68)44(33(17-57)75-51)76-52-47(79-49-41(66)37(62)30(59)20-70-49)45(38(63)32(16-56)74-52)77-48-40(65)36(61)29(58)19-69-48/h21-52,56-68H,6-20H2,1-5H3/t21-,22?,23+,24+,25+,26?,27?,28?,29-,30-,31?,32-,33-,34?,35+,36+,37+,38-,39-,40-,41-,42-,43+,44+,45+,46-,47-,48+,49+,50+,51-,52+,53+,54+,55-/m1/s1. The molecule has 35 atom stereocenters. The molecular formula is C55H90O25. The lowest BCUT2D eigenvalue weighted by Crippen LogP contribution is -2.68. The van der Waals surface area contributed by atoms with Crippen LogP contribution >= 0.6 is 0 Å².